The van der Waals surface area contributed by atoms with Crippen molar-refractivity contribution >= 4 is 0 Å². The van der Waals surface area contributed by atoms with E-state index in [2.05, 4.69) is 41.0 Å². The van der Waals surface area contributed by atoms with E-state index < -0.39 is 0 Å². The van der Waals surface area contributed by atoms with Crippen LogP contribution in [0.4, 0.5) is 0 Å². The highest BCUT2D eigenvalue weighted by atomic mass is 15.3. The summed E-state index contributed by atoms with van der Waals surface area (Å²) < 4.78 is 2.11. The maximum absolute atomic E-state index is 4.75. The Kier molecular flexibility index (Phi) is 6.05. The second-order valence-electron chi connectivity index (χ2n) is 6.06. The summed E-state index contributed by atoms with van der Waals surface area (Å²) in [6, 6.07) is 3.42. The molecule has 20 heavy (non-hydrogen) atoms. The van der Waals surface area contributed by atoms with Crippen LogP contribution in [0, 0.1) is 0 Å². The molecule has 0 spiro atoms. The molecule has 0 bridgehead atoms. The van der Waals surface area contributed by atoms with E-state index in [0.29, 0.717) is 6.04 Å². The zero-order valence-electron chi connectivity index (χ0n) is 13.3. The highest BCUT2D eigenvalue weighted by Crippen LogP contribution is 2.21. The zero-order valence-corrected chi connectivity index (χ0v) is 13.3. The Hall–Kier alpha value is -0.870. The van der Waals surface area contributed by atoms with Gasteiger partial charge >= 0.3 is 0 Å². The number of rotatable bonds is 7. The van der Waals surface area contributed by atoms with Gasteiger partial charge in [0, 0.05) is 24.8 Å². The number of likely N-dealkylation sites (tertiary alicyclic amines) is 1. The molecule has 1 fully saturated rings. The SMILES string of the molecule is CCC(C)n1ccc(CN2CCCCC2CCNC)n1. The predicted molar refractivity (Wildman–Crippen MR) is 83.8 cm³/mol. The molecule has 1 aliphatic heterocycles. The van der Waals surface area contributed by atoms with Crippen molar-refractivity contribution < 1.29 is 0 Å². The molecule has 2 rings (SSSR count). The molecule has 0 aromatic carbocycles. The Morgan fingerprint density at radius 3 is 3.05 bits per heavy atom. The minimum Gasteiger partial charge on any atom is -0.320 e. The highest BCUT2D eigenvalue weighted by molar-refractivity contribution is 5.00. The third-order valence-electron chi connectivity index (χ3n) is 4.55. The van der Waals surface area contributed by atoms with Gasteiger partial charge in [-0.25, -0.2) is 0 Å². The molecule has 2 atom stereocenters. The van der Waals surface area contributed by atoms with Crippen molar-refractivity contribution in [3.63, 3.8) is 0 Å². The van der Waals surface area contributed by atoms with Crippen LogP contribution in [0.25, 0.3) is 0 Å². The zero-order chi connectivity index (χ0) is 14.4. The fourth-order valence-electron chi connectivity index (χ4n) is 3.01. The van der Waals surface area contributed by atoms with Gasteiger partial charge in [-0.2, -0.15) is 5.10 Å². The third kappa shape index (κ3) is 4.06. The summed E-state index contributed by atoms with van der Waals surface area (Å²) in [5, 5.41) is 8.03. The summed E-state index contributed by atoms with van der Waals surface area (Å²) in [7, 11) is 2.04. The first-order valence-corrected chi connectivity index (χ1v) is 8.17. The standard InChI is InChI=1S/C16H30N4/c1-4-14(2)20-12-9-15(18-20)13-19-11-6-5-7-16(19)8-10-17-3/h9,12,14,16-17H,4-8,10-11,13H2,1-3H3. The van der Waals surface area contributed by atoms with E-state index in [-0.39, 0.29) is 0 Å². The molecule has 0 aliphatic carbocycles. The Bertz CT molecular complexity index is 388. The largest absolute Gasteiger partial charge is 0.320 e. The fourth-order valence-corrected chi connectivity index (χ4v) is 3.01. The Morgan fingerprint density at radius 2 is 2.30 bits per heavy atom. The summed E-state index contributed by atoms with van der Waals surface area (Å²) >= 11 is 0. The van der Waals surface area contributed by atoms with Crippen LogP contribution < -0.4 is 5.32 Å². The quantitative estimate of drug-likeness (QED) is 0.832. The van der Waals surface area contributed by atoms with Gasteiger partial charge in [0.15, 0.2) is 0 Å². The van der Waals surface area contributed by atoms with E-state index in [4.69, 9.17) is 5.10 Å². The maximum atomic E-state index is 4.75. The predicted octanol–water partition coefficient (Wildman–Crippen LogP) is 2.82. The second-order valence-corrected chi connectivity index (χ2v) is 6.06. The van der Waals surface area contributed by atoms with Crippen LogP contribution in [-0.2, 0) is 6.54 Å². The molecule has 114 valence electrons. The summed E-state index contributed by atoms with van der Waals surface area (Å²) in [6.45, 7) is 7.79. The average molecular weight is 278 g/mol. The molecule has 1 aromatic heterocycles. The first-order valence-electron chi connectivity index (χ1n) is 8.17. The molecule has 1 aliphatic rings. The first kappa shape index (κ1) is 15.5. The van der Waals surface area contributed by atoms with E-state index in [1.165, 1.54) is 37.9 Å². The maximum Gasteiger partial charge on any atom is 0.0764 e. The van der Waals surface area contributed by atoms with Crippen LogP contribution in [0.2, 0.25) is 0 Å². The Morgan fingerprint density at radius 1 is 1.45 bits per heavy atom. The normalized spacial score (nSPS) is 22.1. The molecule has 4 nitrogen and oxygen atoms in total. The molecule has 1 N–H and O–H groups in total. The average Bonchev–Trinajstić information content (AvgIpc) is 2.94. The van der Waals surface area contributed by atoms with E-state index in [1.807, 2.05) is 7.05 Å². The van der Waals surface area contributed by atoms with E-state index in [0.717, 1.165) is 25.6 Å². The lowest BCUT2D eigenvalue weighted by molar-refractivity contribution is 0.130. The van der Waals surface area contributed by atoms with Crippen molar-refractivity contribution in [3.05, 3.63) is 18.0 Å². The van der Waals surface area contributed by atoms with Gasteiger partial charge in [0.1, 0.15) is 0 Å². The van der Waals surface area contributed by atoms with Gasteiger partial charge in [-0.05, 0) is 58.8 Å². The van der Waals surface area contributed by atoms with Crippen LogP contribution in [0.1, 0.15) is 57.7 Å². The fraction of sp³-hybridized carbons (Fsp3) is 0.812. The minimum absolute atomic E-state index is 0.505. The molecule has 2 unspecified atom stereocenters. The van der Waals surface area contributed by atoms with Crippen LogP contribution in [0.15, 0.2) is 12.3 Å². The van der Waals surface area contributed by atoms with Gasteiger partial charge < -0.3 is 5.32 Å². The molecule has 0 saturated carbocycles. The molecule has 0 amide bonds. The van der Waals surface area contributed by atoms with Crippen LogP contribution in [0.5, 0.6) is 0 Å². The van der Waals surface area contributed by atoms with Crippen molar-refractivity contribution in [2.45, 2.75) is 64.6 Å². The Labute approximate surface area is 123 Å². The van der Waals surface area contributed by atoms with E-state index >= 15 is 0 Å². The highest BCUT2D eigenvalue weighted by Gasteiger charge is 2.22. The van der Waals surface area contributed by atoms with Crippen LogP contribution in [0.3, 0.4) is 0 Å². The summed E-state index contributed by atoms with van der Waals surface area (Å²) in [4.78, 5) is 2.63. The topological polar surface area (TPSA) is 33.1 Å². The van der Waals surface area contributed by atoms with E-state index in [9.17, 15) is 0 Å². The van der Waals surface area contributed by atoms with Gasteiger partial charge in [-0.3, -0.25) is 9.58 Å². The number of aromatic nitrogens is 2. The van der Waals surface area contributed by atoms with Gasteiger partial charge in [0.05, 0.1) is 5.69 Å². The first-order chi connectivity index (χ1) is 9.74. The molecular weight excluding hydrogens is 248 g/mol. The van der Waals surface area contributed by atoms with Crippen molar-refractivity contribution in [1.82, 2.24) is 20.0 Å². The molecule has 4 heteroatoms. The lowest BCUT2D eigenvalue weighted by atomic mass is 9.99. The number of hydrogen-bond donors (Lipinski definition) is 1. The van der Waals surface area contributed by atoms with Crippen LogP contribution in [-0.4, -0.2) is 40.9 Å². The number of nitrogens with one attached hydrogen (secondary N) is 1. The van der Waals surface area contributed by atoms with Crippen molar-refractivity contribution in [3.8, 4) is 0 Å². The lowest BCUT2D eigenvalue weighted by Gasteiger charge is -2.35. The molecule has 1 saturated heterocycles. The smallest absolute Gasteiger partial charge is 0.0764 e. The van der Waals surface area contributed by atoms with Gasteiger partial charge in [-0.15, -0.1) is 0 Å². The van der Waals surface area contributed by atoms with E-state index in [1.54, 1.807) is 0 Å². The summed E-state index contributed by atoms with van der Waals surface area (Å²) in [6.07, 6.45) is 8.58. The second kappa shape index (κ2) is 7.79. The minimum atomic E-state index is 0.505. The molecule has 1 aromatic rings. The monoisotopic (exact) mass is 278 g/mol. The summed E-state index contributed by atoms with van der Waals surface area (Å²) in [5.41, 5.74) is 1.22. The van der Waals surface area contributed by atoms with Gasteiger partial charge in [0.2, 0.25) is 0 Å². The number of nitrogens with zero attached hydrogens (tertiary/aromatic N) is 3. The molecule has 0 radical (unpaired) electrons. The van der Waals surface area contributed by atoms with Crippen molar-refractivity contribution in [2.75, 3.05) is 20.1 Å². The summed E-state index contributed by atoms with van der Waals surface area (Å²) in [5.74, 6) is 0. The van der Waals surface area contributed by atoms with Crippen molar-refractivity contribution in [1.29, 1.82) is 0 Å². The molecular formula is C16H30N4. The lowest BCUT2D eigenvalue weighted by Crippen LogP contribution is -2.40. The third-order valence-corrected chi connectivity index (χ3v) is 4.55. The van der Waals surface area contributed by atoms with Gasteiger partial charge in [-0.1, -0.05) is 13.3 Å². The van der Waals surface area contributed by atoms with Gasteiger partial charge in [0.25, 0.3) is 0 Å². The van der Waals surface area contributed by atoms with Crippen molar-refractivity contribution in [2.24, 2.45) is 0 Å². The van der Waals surface area contributed by atoms with Crippen LogP contribution >= 0.6 is 0 Å². The number of piperidine rings is 1. The Balaban J connectivity index is 1.94. The molecule has 2 heterocycles. The number of hydrogen-bond acceptors (Lipinski definition) is 3.